The Balaban J connectivity index is 1.46. The molecule has 0 bridgehead atoms. The topological polar surface area (TPSA) is 78.8 Å². The number of urea groups is 1. The summed E-state index contributed by atoms with van der Waals surface area (Å²) in [5, 5.41) is 8.88. The van der Waals surface area contributed by atoms with E-state index in [4.69, 9.17) is 5.10 Å². The second-order valence-electron chi connectivity index (χ2n) is 7.79. The summed E-state index contributed by atoms with van der Waals surface area (Å²) < 4.78 is 2.13. The van der Waals surface area contributed by atoms with Gasteiger partial charge >= 0.3 is 6.03 Å². The first-order valence-corrected chi connectivity index (χ1v) is 9.65. The Hall–Kier alpha value is -2.83. The fraction of sp³-hybridized carbons (Fsp3) is 0.450. The molecule has 1 unspecified atom stereocenters. The van der Waals surface area contributed by atoms with Crippen LogP contribution in [-0.4, -0.2) is 50.3 Å². The average Bonchev–Trinajstić information content (AvgIpc) is 3.39. The first-order valence-electron chi connectivity index (χ1n) is 9.65. The normalized spacial score (nSPS) is 21.3. The van der Waals surface area contributed by atoms with Crippen LogP contribution in [0.2, 0.25) is 0 Å². The smallest absolute Gasteiger partial charge is 0.317 e. The lowest BCUT2D eigenvalue weighted by Gasteiger charge is -2.23. The third-order valence-corrected chi connectivity index (χ3v) is 6.00. The molecule has 2 aliphatic rings. The molecule has 7 nitrogen and oxygen atoms in total. The van der Waals surface area contributed by atoms with Crippen molar-refractivity contribution in [3.63, 3.8) is 0 Å². The van der Waals surface area contributed by atoms with E-state index in [1.807, 2.05) is 24.9 Å². The van der Waals surface area contributed by atoms with Crippen molar-refractivity contribution in [2.24, 2.45) is 0 Å². The summed E-state index contributed by atoms with van der Waals surface area (Å²) in [6, 6.07) is 6.51. The molecule has 5 heterocycles. The van der Waals surface area contributed by atoms with Crippen molar-refractivity contribution >= 4 is 17.1 Å². The summed E-state index contributed by atoms with van der Waals surface area (Å²) in [6.07, 6.45) is 3.95. The Morgan fingerprint density at radius 3 is 3.00 bits per heavy atom. The van der Waals surface area contributed by atoms with E-state index in [0.717, 1.165) is 60.5 Å². The summed E-state index contributed by atoms with van der Waals surface area (Å²) in [5.74, 6) is 0. The number of nitrogens with one attached hydrogen (secondary N) is 2. The monoisotopic (exact) mass is 364 g/mol. The number of aromatic amines is 1. The number of carbonyl (C=O) groups is 1. The third-order valence-electron chi connectivity index (χ3n) is 6.00. The molecule has 140 valence electrons. The van der Waals surface area contributed by atoms with E-state index in [-0.39, 0.29) is 11.4 Å². The largest absolute Gasteiger partial charge is 0.344 e. The highest BCUT2D eigenvalue weighted by Gasteiger charge is 2.46. The van der Waals surface area contributed by atoms with E-state index < -0.39 is 0 Å². The highest BCUT2D eigenvalue weighted by atomic mass is 16.2. The number of aryl methyl sites for hydroxylation is 2. The van der Waals surface area contributed by atoms with E-state index in [0.29, 0.717) is 6.54 Å². The molecule has 1 fully saturated rings. The van der Waals surface area contributed by atoms with Crippen LogP contribution in [-0.2, 0) is 12.0 Å². The van der Waals surface area contributed by atoms with Gasteiger partial charge in [-0.05, 0) is 44.9 Å². The molecule has 7 heteroatoms. The lowest BCUT2D eigenvalue weighted by Crippen LogP contribution is -2.40. The fourth-order valence-corrected chi connectivity index (χ4v) is 4.62. The third kappa shape index (κ3) is 2.52. The molecule has 3 aromatic rings. The number of likely N-dealkylation sites (tertiary alicyclic amines) is 1. The van der Waals surface area contributed by atoms with E-state index in [9.17, 15) is 4.79 Å². The molecular formula is C20H24N6O. The molecule has 0 saturated carbocycles. The molecule has 2 amide bonds. The van der Waals surface area contributed by atoms with Crippen molar-refractivity contribution in [1.82, 2.24) is 30.0 Å². The van der Waals surface area contributed by atoms with Gasteiger partial charge in [-0.15, -0.1) is 0 Å². The van der Waals surface area contributed by atoms with Crippen molar-refractivity contribution in [2.45, 2.75) is 38.6 Å². The van der Waals surface area contributed by atoms with Gasteiger partial charge in [-0.25, -0.2) is 9.78 Å². The predicted molar refractivity (Wildman–Crippen MR) is 104 cm³/mol. The molecule has 5 rings (SSSR count). The van der Waals surface area contributed by atoms with Gasteiger partial charge in [0.25, 0.3) is 0 Å². The standard InChI is InChI=1S/C20H24N6O/c1-3-21-19(27)25-6-4-20(12-25)5-7-26-17(20)10-16(24-26)15-9-14-8-13(2)23-18(14)22-11-15/h8-11H,3-7,12H2,1-2H3,(H,21,27)(H,22,23). The summed E-state index contributed by atoms with van der Waals surface area (Å²) in [5.41, 5.74) is 5.32. The first-order chi connectivity index (χ1) is 13.1. The highest BCUT2D eigenvalue weighted by molar-refractivity contribution is 5.81. The van der Waals surface area contributed by atoms with Crippen LogP contribution in [0.4, 0.5) is 4.79 Å². The second kappa shape index (κ2) is 5.84. The average molecular weight is 364 g/mol. The minimum absolute atomic E-state index is 0.0402. The van der Waals surface area contributed by atoms with Crippen LogP contribution in [0.5, 0.6) is 0 Å². The van der Waals surface area contributed by atoms with Crippen LogP contribution in [0.15, 0.2) is 24.4 Å². The molecule has 0 aromatic carbocycles. The Kier molecular flexibility index (Phi) is 3.54. The number of hydrogen-bond donors (Lipinski definition) is 2. The van der Waals surface area contributed by atoms with Crippen LogP contribution >= 0.6 is 0 Å². The minimum atomic E-state index is 0.0402. The van der Waals surface area contributed by atoms with Crippen molar-refractivity contribution in [2.75, 3.05) is 19.6 Å². The molecule has 3 aromatic heterocycles. The van der Waals surface area contributed by atoms with Crippen LogP contribution in [0, 0.1) is 6.92 Å². The van der Waals surface area contributed by atoms with Crippen molar-refractivity contribution in [3.8, 4) is 11.3 Å². The number of rotatable bonds is 2. The zero-order valence-electron chi connectivity index (χ0n) is 15.7. The van der Waals surface area contributed by atoms with Crippen LogP contribution in [0.25, 0.3) is 22.3 Å². The Morgan fingerprint density at radius 2 is 2.15 bits per heavy atom. The van der Waals surface area contributed by atoms with E-state index in [1.165, 1.54) is 5.69 Å². The van der Waals surface area contributed by atoms with Gasteiger partial charge in [-0.1, -0.05) is 0 Å². The van der Waals surface area contributed by atoms with Crippen molar-refractivity contribution in [3.05, 3.63) is 35.8 Å². The molecule has 27 heavy (non-hydrogen) atoms. The summed E-state index contributed by atoms with van der Waals surface area (Å²) >= 11 is 0. The van der Waals surface area contributed by atoms with Gasteiger partial charge in [0.1, 0.15) is 5.65 Å². The number of pyridine rings is 1. The molecule has 2 N–H and O–H groups in total. The van der Waals surface area contributed by atoms with E-state index in [2.05, 4.69) is 38.2 Å². The minimum Gasteiger partial charge on any atom is -0.344 e. The molecule has 0 radical (unpaired) electrons. The Bertz CT molecular complexity index is 1030. The van der Waals surface area contributed by atoms with Gasteiger partial charge in [-0.2, -0.15) is 5.10 Å². The molecule has 2 aliphatic heterocycles. The second-order valence-corrected chi connectivity index (χ2v) is 7.79. The fourth-order valence-electron chi connectivity index (χ4n) is 4.62. The predicted octanol–water partition coefficient (Wildman–Crippen LogP) is 2.81. The van der Waals surface area contributed by atoms with Crippen molar-refractivity contribution < 1.29 is 4.79 Å². The maximum Gasteiger partial charge on any atom is 0.317 e. The van der Waals surface area contributed by atoms with Crippen LogP contribution < -0.4 is 5.32 Å². The molecule has 1 spiro atoms. The number of amides is 2. The SMILES string of the molecule is CCNC(=O)N1CCC2(CCn3nc(-c4cnc5[nH]c(C)cc5c4)cc32)C1. The maximum absolute atomic E-state index is 12.2. The van der Waals surface area contributed by atoms with Gasteiger partial charge in [0, 0.05) is 60.1 Å². The number of aromatic nitrogens is 4. The zero-order chi connectivity index (χ0) is 18.6. The van der Waals surface area contributed by atoms with Crippen molar-refractivity contribution in [1.29, 1.82) is 0 Å². The summed E-state index contributed by atoms with van der Waals surface area (Å²) in [6.45, 7) is 7.16. The van der Waals surface area contributed by atoms with Gasteiger partial charge in [0.05, 0.1) is 5.69 Å². The molecule has 1 atom stereocenters. The van der Waals surface area contributed by atoms with Gasteiger partial charge in [0.15, 0.2) is 0 Å². The summed E-state index contributed by atoms with van der Waals surface area (Å²) in [4.78, 5) is 22.0. The Labute approximate surface area is 157 Å². The van der Waals surface area contributed by atoms with E-state index >= 15 is 0 Å². The first kappa shape index (κ1) is 16.4. The quantitative estimate of drug-likeness (QED) is 0.734. The molecular weight excluding hydrogens is 340 g/mol. The lowest BCUT2D eigenvalue weighted by molar-refractivity contribution is 0.206. The molecule has 0 aliphatic carbocycles. The van der Waals surface area contributed by atoms with Crippen LogP contribution in [0.3, 0.4) is 0 Å². The lowest BCUT2D eigenvalue weighted by atomic mass is 9.82. The maximum atomic E-state index is 12.2. The van der Waals surface area contributed by atoms with E-state index in [1.54, 1.807) is 0 Å². The van der Waals surface area contributed by atoms with Crippen LogP contribution in [0.1, 0.15) is 31.2 Å². The van der Waals surface area contributed by atoms with Gasteiger partial charge in [-0.3, -0.25) is 4.68 Å². The number of nitrogens with zero attached hydrogens (tertiary/aromatic N) is 4. The number of fused-ring (bicyclic) bond motifs is 3. The number of H-pyrrole nitrogens is 1. The van der Waals surface area contributed by atoms with Gasteiger partial charge in [0.2, 0.25) is 0 Å². The van der Waals surface area contributed by atoms with Gasteiger partial charge < -0.3 is 15.2 Å². The molecule has 1 saturated heterocycles. The summed E-state index contributed by atoms with van der Waals surface area (Å²) in [7, 11) is 0. The number of hydrogen-bond acceptors (Lipinski definition) is 3. The highest BCUT2D eigenvalue weighted by Crippen LogP contribution is 2.43. The Morgan fingerprint density at radius 1 is 1.30 bits per heavy atom. The zero-order valence-corrected chi connectivity index (χ0v) is 15.7. The number of carbonyl (C=O) groups excluding carboxylic acids is 1.